The number of benzene rings is 2. The Kier molecular flexibility index (Phi) is 7.36. The van der Waals surface area contributed by atoms with Crippen LogP contribution in [0.15, 0.2) is 78.2 Å². The maximum absolute atomic E-state index is 12.7. The molecule has 0 spiro atoms. The topological polar surface area (TPSA) is 92.8 Å². The molecule has 7 nitrogen and oxygen atoms in total. The minimum Gasteiger partial charge on any atom is -0.497 e. The van der Waals surface area contributed by atoms with Gasteiger partial charge in [0, 0.05) is 36.2 Å². The quantitative estimate of drug-likeness (QED) is 0.352. The summed E-state index contributed by atoms with van der Waals surface area (Å²) in [5.74, 6) is 1.41. The fourth-order valence-electron chi connectivity index (χ4n) is 3.26. The third-order valence-corrected chi connectivity index (χ3v) is 6.23. The normalized spacial score (nSPS) is 11.7. The molecule has 0 saturated heterocycles. The Morgan fingerprint density at radius 3 is 2.61 bits per heavy atom. The highest BCUT2D eigenvalue weighted by atomic mass is 32.2. The molecule has 0 saturated carbocycles. The van der Waals surface area contributed by atoms with Crippen molar-refractivity contribution >= 4 is 17.7 Å². The van der Waals surface area contributed by atoms with Crippen LogP contribution in [-0.2, 0) is 11.3 Å². The van der Waals surface area contributed by atoms with Crippen molar-refractivity contribution in [3.05, 3.63) is 89.7 Å². The number of aryl methyl sites for hydroxylation is 1. The van der Waals surface area contributed by atoms with E-state index in [9.17, 15) is 4.79 Å². The molecule has 2 aromatic heterocycles. The van der Waals surface area contributed by atoms with E-state index in [-0.39, 0.29) is 11.2 Å². The van der Waals surface area contributed by atoms with Crippen LogP contribution in [0, 0.1) is 6.92 Å². The number of hydrogen-bond acceptors (Lipinski definition) is 6. The Morgan fingerprint density at radius 2 is 1.91 bits per heavy atom. The average molecular weight is 460 g/mol. The Balaban J connectivity index is 1.47. The van der Waals surface area contributed by atoms with Crippen molar-refractivity contribution in [3.8, 4) is 17.1 Å². The van der Waals surface area contributed by atoms with Gasteiger partial charge in [0.05, 0.1) is 7.11 Å². The van der Waals surface area contributed by atoms with Crippen LogP contribution < -0.4 is 10.1 Å². The van der Waals surface area contributed by atoms with E-state index in [1.54, 1.807) is 19.5 Å². The zero-order valence-electron chi connectivity index (χ0n) is 18.5. The van der Waals surface area contributed by atoms with Crippen LogP contribution in [0.1, 0.15) is 28.4 Å². The predicted octanol–water partition coefficient (Wildman–Crippen LogP) is 4.72. The molecular weight excluding hydrogens is 434 g/mol. The Bertz CT molecular complexity index is 1180. The number of amides is 1. The van der Waals surface area contributed by atoms with E-state index in [4.69, 9.17) is 4.74 Å². The number of hydrogen-bond donors (Lipinski definition) is 2. The maximum Gasteiger partial charge on any atom is 0.221 e. The zero-order valence-corrected chi connectivity index (χ0v) is 19.3. The van der Waals surface area contributed by atoms with Crippen molar-refractivity contribution in [1.29, 1.82) is 0 Å². The van der Waals surface area contributed by atoms with E-state index in [0.717, 1.165) is 22.4 Å². The Hall–Kier alpha value is -3.65. The van der Waals surface area contributed by atoms with Crippen molar-refractivity contribution < 1.29 is 9.53 Å². The van der Waals surface area contributed by atoms with Gasteiger partial charge in [0.2, 0.25) is 11.1 Å². The lowest BCUT2D eigenvalue weighted by molar-refractivity contribution is -0.121. The smallest absolute Gasteiger partial charge is 0.221 e. The van der Waals surface area contributed by atoms with Crippen LogP contribution >= 0.6 is 11.8 Å². The molecule has 0 bridgehead atoms. The second-order valence-corrected chi connectivity index (χ2v) is 8.72. The zero-order chi connectivity index (χ0) is 23.0. The lowest BCUT2D eigenvalue weighted by Crippen LogP contribution is -2.24. The maximum atomic E-state index is 12.7. The van der Waals surface area contributed by atoms with Crippen molar-refractivity contribution in [2.45, 2.75) is 30.3 Å². The van der Waals surface area contributed by atoms with E-state index < -0.39 is 0 Å². The predicted molar refractivity (Wildman–Crippen MR) is 129 cm³/mol. The molecule has 4 aromatic rings. The van der Waals surface area contributed by atoms with Crippen LogP contribution in [0.25, 0.3) is 11.4 Å². The molecule has 33 heavy (non-hydrogen) atoms. The highest BCUT2D eigenvalue weighted by molar-refractivity contribution is 7.99. The van der Waals surface area contributed by atoms with E-state index in [1.165, 1.54) is 17.3 Å². The highest BCUT2D eigenvalue weighted by Crippen LogP contribution is 2.37. The summed E-state index contributed by atoms with van der Waals surface area (Å²) in [6, 6.07) is 19.6. The summed E-state index contributed by atoms with van der Waals surface area (Å²) >= 11 is 1.47. The van der Waals surface area contributed by atoms with Crippen molar-refractivity contribution in [2.24, 2.45) is 0 Å². The molecule has 2 heterocycles. The molecule has 1 atom stereocenters. The van der Waals surface area contributed by atoms with Crippen LogP contribution in [-0.4, -0.2) is 33.2 Å². The standard InChI is InChI=1S/C25H25N5O2S/c1-17-5-7-19(8-6-17)22(14-23(31)27-16-18-4-3-13-26-15-18)33-25-28-24(29-30-25)20-9-11-21(32-2)12-10-20/h3-13,15,22H,14,16H2,1-2H3,(H,27,31)(H,28,29,30)/t22-/m1/s1. The van der Waals surface area contributed by atoms with Gasteiger partial charge in [0.25, 0.3) is 0 Å². The number of nitrogens with zero attached hydrogens (tertiary/aromatic N) is 3. The Morgan fingerprint density at radius 1 is 1.12 bits per heavy atom. The molecule has 2 N–H and O–H groups in total. The summed E-state index contributed by atoms with van der Waals surface area (Å²) < 4.78 is 5.21. The number of aromatic nitrogens is 4. The lowest BCUT2D eigenvalue weighted by atomic mass is 10.1. The number of rotatable bonds is 9. The van der Waals surface area contributed by atoms with Gasteiger partial charge in [0.15, 0.2) is 5.82 Å². The summed E-state index contributed by atoms with van der Waals surface area (Å²) in [7, 11) is 1.64. The third kappa shape index (κ3) is 6.20. The molecule has 1 amide bonds. The first-order valence-corrected chi connectivity index (χ1v) is 11.4. The summed E-state index contributed by atoms with van der Waals surface area (Å²) in [6.45, 7) is 2.49. The van der Waals surface area contributed by atoms with E-state index in [2.05, 4.69) is 49.7 Å². The third-order valence-electron chi connectivity index (χ3n) is 5.11. The molecule has 168 valence electrons. The molecule has 0 aliphatic carbocycles. The van der Waals surface area contributed by atoms with Crippen molar-refractivity contribution in [1.82, 2.24) is 25.5 Å². The molecule has 0 unspecified atom stereocenters. The second kappa shape index (κ2) is 10.8. The summed E-state index contributed by atoms with van der Waals surface area (Å²) in [5.41, 5.74) is 4.10. The average Bonchev–Trinajstić information content (AvgIpc) is 3.32. The fraction of sp³-hybridized carbons (Fsp3) is 0.200. The van der Waals surface area contributed by atoms with Crippen LogP contribution in [0.4, 0.5) is 0 Å². The summed E-state index contributed by atoms with van der Waals surface area (Å²) in [6.07, 6.45) is 3.77. The van der Waals surface area contributed by atoms with Crippen LogP contribution in [0.5, 0.6) is 5.75 Å². The Labute approximate surface area is 197 Å². The number of pyridine rings is 1. The van der Waals surface area contributed by atoms with E-state index in [0.29, 0.717) is 23.9 Å². The molecular formula is C25H25N5O2S. The molecule has 0 radical (unpaired) electrons. The van der Waals surface area contributed by atoms with Gasteiger partial charge in [-0.1, -0.05) is 47.7 Å². The molecule has 0 aliphatic rings. The first kappa shape index (κ1) is 22.5. The van der Waals surface area contributed by atoms with Gasteiger partial charge in [-0.15, -0.1) is 5.10 Å². The van der Waals surface area contributed by atoms with Crippen molar-refractivity contribution in [2.75, 3.05) is 7.11 Å². The lowest BCUT2D eigenvalue weighted by Gasteiger charge is -2.15. The van der Waals surface area contributed by atoms with Crippen LogP contribution in [0.3, 0.4) is 0 Å². The van der Waals surface area contributed by atoms with E-state index in [1.807, 2.05) is 43.3 Å². The minimum atomic E-state index is -0.126. The summed E-state index contributed by atoms with van der Waals surface area (Å²) in [5, 5.41) is 10.8. The molecule has 0 aliphatic heterocycles. The van der Waals surface area contributed by atoms with Gasteiger partial charge >= 0.3 is 0 Å². The van der Waals surface area contributed by atoms with Gasteiger partial charge in [-0.2, -0.15) is 0 Å². The first-order valence-electron chi connectivity index (χ1n) is 10.6. The number of nitrogens with one attached hydrogen (secondary N) is 2. The number of ether oxygens (including phenoxy) is 1. The van der Waals surface area contributed by atoms with Gasteiger partial charge in [-0.3, -0.25) is 14.9 Å². The second-order valence-electron chi connectivity index (χ2n) is 7.55. The molecule has 2 aromatic carbocycles. The fourth-order valence-corrected chi connectivity index (χ4v) is 4.28. The molecule has 0 fully saturated rings. The summed E-state index contributed by atoms with van der Waals surface area (Å²) in [4.78, 5) is 21.5. The molecule has 4 rings (SSSR count). The molecule has 8 heteroatoms. The number of carbonyl (C=O) groups excluding carboxylic acids is 1. The van der Waals surface area contributed by atoms with Gasteiger partial charge in [0.1, 0.15) is 5.75 Å². The largest absolute Gasteiger partial charge is 0.497 e. The monoisotopic (exact) mass is 459 g/mol. The van der Waals surface area contributed by atoms with Gasteiger partial charge in [-0.05, 0) is 48.4 Å². The number of carbonyl (C=O) groups is 1. The van der Waals surface area contributed by atoms with E-state index >= 15 is 0 Å². The van der Waals surface area contributed by atoms with Crippen molar-refractivity contribution in [3.63, 3.8) is 0 Å². The minimum absolute atomic E-state index is 0.0390. The van der Waals surface area contributed by atoms with Crippen LogP contribution in [0.2, 0.25) is 0 Å². The number of H-pyrrole nitrogens is 1. The van der Waals surface area contributed by atoms with Gasteiger partial charge in [-0.25, -0.2) is 4.98 Å². The first-order chi connectivity index (χ1) is 16.1. The van der Waals surface area contributed by atoms with Gasteiger partial charge < -0.3 is 10.1 Å². The number of methoxy groups -OCH3 is 1. The highest BCUT2D eigenvalue weighted by Gasteiger charge is 2.20. The number of thioether (sulfide) groups is 1. The SMILES string of the molecule is COc1ccc(-c2nc(S[C@H](CC(=O)NCc3cccnc3)c3ccc(C)cc3)n[nH]2)cc1. The number of aromatic amines is 1.